The summed E-state index contributed by atoms with van der Waals surface area (Å²) >= 11 is 0. The molecule has 0 amide bonds. The Labute approximate surface area is 109 Å². The number of ether oxygens (including phenoxy) is 1. The molecule has 0 radical (unpaired) electrons. The van der Waals surface area contributed by atoms with Gasteiger partial charge in [0.05, 0.1) is 19.1 Å². The Kier molecular flexibility index (Phi) is 5.35. The monoisotopic (exact) mass is 250 g/mol. The lowest BCUT2D eigenvalue weighted by molar-refractivity contribution is -0.145. The van der Waals surface area contributed by atoms with Crippen molar-refractivity contribution in [3.05, 3.63) is 35.4 Å². The molecule has 1 aromatic carbocycles. The maximum absolute atomic E-state index is 11.3. The standard InChI is InChI=1S/C15H22O3/c1-10(2)12-5-7-13(8-6-12)14(16)9-11(3)15(17)18-4/h5-8,10-11,14,16H,9H2,1-4H3. The van der Waals surface area contributed by atoms with Gasteiger partial charge in [0.15, 0.2) is 0 Å². The zero-order valence-electron chi connectivity index (χ0n) is 11.5. The van der Waals surface area contributed by atoms with E-state index in [1.54, 1.807) is 6.92 Å². The molecule has 0 aliphatic heterocycles. The number of hydrogen-bond donors (Lipinski definition) is 1. The van der Waals surface area contributed by atoms with Crippen molar-refractivity contribution in [3.8, 4) is 0 Å². The average Bonchev–Trinajstić information content (AvgIpc) is 2.37. The van der Waals surface area contributed by atoms with Crippen LogP contribution < -0.4 is 0 Å². The first-order valence-electron chi connectivity index (χ1n) is 6.31. The highest BCUT2D eigenvalue weighted by Gasteiger charge is 2.19. The predicted octanol–water partition coefficient (Wildman–Crippen LogP) is 3.04. The number of rotatable bonds is 5. The minimum Gasteiger partial charge on any atom is -0.469 e. The minimum atomic E-state index is -0.625. The molecule has 0 aliphatic carbocycles. The number of benzene rings is 1. The first-order chi connectivity index (χ1) is 8.45. The summed E-state index contributed by atoms with van der Waals surface area (Å²) in [7, 11) is 1.36. The number of esters is 1. The summed E-state index contributed by atoms with van der Waals surface area (Å²) < 4.78 is 4.65. The minimum absolute atomic E-state index is 0.284. The third-order valence-corrected chi connectivity index (χ3v) is 3.17. The van der Waals surface area contributed by atoms with E-state index < -0.39 is 6.10 Å². The summed E-state index contributed by atoms with van der Waals surface area (Å²) in [5.74, 6) is -0.104. The second-order valence-electron chi connectivity index (χ2n) is 5.00. The van der Waals surface area contributed by atoms with Gasteiger partial charge >= 0.3 is 5.97 Å². The largest absolute Gasteiger partial charge is 0.469 e. The van der Waals surface area contributed by atoms with Gasteiger partial charge in [-0.05, 0) is 23.5 Å². The smallest absolute Gasteiger partial charge is 0.308 e. The van der Waals surface area contributed by atoms with E-state index in [-0.39, 0.29) is 11.9 Å². The van der Waals surface area contributed by atoms with Crippen LogP contribution >= 0.6 is 0 Å². The third kappa shape index (κ3) is 3.84. The van der Waals surface area contributed by atoms with E-state index >= 15 is 0 Å². The van der Waals surface area contributed by atoms with E-state index in [0.717, 1.165) is 5.56 Å². The van der Waals surface area contributed by atoms with Gasteiger partial charge in [-0.15, -0.1) is 0 Å². The molecule has 0 bridgehead atoms. The summed E-state index contributed by atoms with van der Waals surface area (Å²) in [4.78, 5) is 11.3. The van der Waals surface area contributed by atoms with Crippen molar-refractivity contribution in [2.75, 3.05) is 7.11 Å². The van der Waals surface area contributed by atoms with E-state index in [2.05, 4.69) is 18.6 Å². The summed E-state index contributed by atoms with van der Waals surface area (Å²) in [6.45, 7) is 6.02. The van der Waals surface area contributed by atoms with Gasteiger partial charge in [-0.3, -0.25) is 4.79 Å². The molecular formula is C15H22O3. The molecule has 0 saturated carbocycles. The van der Waals surface area contributed by atoms with Crippen LogP contribution in [0.2, 0.25) is 0 Å². The van der Waals surface area contributed by atoms with E-state index in [4.69, 9.17) is 0 Å². The van der Waals surface area contributed by atoms with Crippen LogP contribution in [0.3, 0.4) is 0 Å². The van der Waals surface area contributed by atoms with Gasteiger partial charge in [0, 0.05) is 0 Å². The van der Waals surface area contributed by atoms with E-state index in [1.165, 1.54) is 12.7 Å². The lowest BCUT2D eigenvalue weighted by atomic mass is 9.95. The predicted molar refractivity (Wildman–Crippen MR) is 71.3 cm³/mol. The maximum Gasteiger partial charge on any atom is 0.308 e. The van der Waals surface area contributed by atoms with Gasteiger partial charge in [0.2, 0.25) is 0 Å². The second kappa shape index (κ2) is 6.55. The van der Waals surface area contributed by atoms with Crippen LogP contribution in [0.1, 0.15) is 50.3 Å². The summed E-state index contributed by atoms with van der Waals surface area (Å²) in [6, 6.07) is 7.88. The van der Waals surface area contributed by atoms with E-state index in [1.807, 2.05) is 24.3 Å². The first kappa shape index (κ1) is 14.7. The van der Waals surface area contributed by atoms with Crippen molar-refractivity contribution < 1.29 is 14.6 Å². The fraction of sp³-hybridized carbons (Fsp3) is 0.533. The third-order valence-electron chi connectivity index (χ3n) is 3.17. The zero-order valence-corrected chi connectivity index (χ0v) is 11.5. The number of carbonyl (C=O) groups is 1. The van der Waals surface area contributed by atoms with Crippen molar-refractivity contribution in [2.24, 2.45) is 5.92 Å². The second-order valence-corrected chi connectivity index (χ2v) is 5.00. The van der Waals surface area contributed by atoms with Crippen LogP contribution in [0.25, 0.3) is 0 Å². The topological polar surface area (TPSA) is 46.5 Å². The van der Waals surface area contributed by atoms with Crippen LogP contribution in [-0.2, 0) is 9.53 Å². The molecule has 1 aromatic rings. The Balaban J connectivity index is 2.67. The Morgan fingerprint density at radius 3 is 2.11 bits per heavy atom. The van der Waals surface area contributed by atoms with Crippen LogP contribution in [-0.4, -0.2) is 18.2 Å². The number of carbonyl (C=O) groups excluding carboxylic acids is 1. The van der Waals surface area contributed by atoms with E-state index in [0.29, 0.717) is 12.3 Å². The van der Waals surface area contributed by atoms with Crippen molar-refractivity contribution in [3.63, 3.8) is 0 Å². The van der Waals surface area contributed by atoms with Crippen molar-refractivity contribution >= 4 is 5.97 Å². The molecule has 0 aromatic heterocycles. The van der Waals surface area contributed by atoms with E-state index in [9.17, 15) is 9.90 Å². The van der Waals surface area contributed by atoms with Gasteiger partial charge < -0.3 is 9.84 Å². The highest BCUT2D eigenvalue weighted by Crippen LogP contribution is 2.23. The summed E-state index contributed by atoms with van der Waals surface area (Å²) in [5, 5.41) is 10.1. The Bertz CT molecular complexity index is 381. The molecule has 0 aliphatic rings. The SMILES string of the molecule is COC(=O)C(C)CC(O)c1ccc(C(C)C)cc1. The molecule has 0 heterocycles. The van der Waals surface area contributed by atoms with Crippen LogP contribution in [0.5, 0.6) is 0 Å². The van der Waals surface area contributed by atoms with Gasteiger partial charge in [0.1, 0.15) is 0 Å². The quantitative estimate of drug-likeness (QED) is 0.817. The average molecular weight is 250 g/mol. The van der Waals surface area contributed by atoms with Gasteiger partial charge in [-0.2, -0.15) is 0 Å². The molecule has 3 heteroatoms. The van der Waals surface area contributed by atoms with Gasteiger partial charge in [-0.25, -0.2) is 0 Å². The molecular weight excluding hydrogens is 228 g/mol. The first-order valence-corrected chi connectivity index (χ1v) is 6.31. The molecule has 1 rings (SSSR count). The number of hydrogen-bond acceptors (Lipinski definition) is 3. The Hall–Kier alpha value is -1.35. The highest BCUT2D eigenvalue weighted by atomic mass is 16.5. The van der Waals surface area contributed by atoms with Gasteiger partial charge in [-0.1, -0.05) is 45.0 Å². The maximum atomic E-state index is 11.3. The number of methoxy groups -OCH3 is 1. The lowest BCUT2D eigenvalue weighted by Gasteiger charge is -2.16. The fourth-order valence-electron chi connectivity index (χ4n) is 1.87. The molecule has 0 spiro atoms. The summed E-state index contributed by atoms with van der Waals surface area (Å²) in [5.41, 5.74) is 2.09. The number of aliphatic hydroxyl groups is 1. The Morgan fingerprint density at radius 1 is 1.17 bits per heavy atom. The van der Waals surface area contributed by atoms with Crippen molar-refractivity contribution in [2.45, 2.75) is 39.2 Å². The molecule has 18 heavy (non-hydrogen) atoms. The molecule has 1 N–H and O–H groups in total. The van der Waals surface area contributed by atoms with Crippen molar-refractivity contribution in [1.82, 2.24) is 0 Å². The van der Waals surface area contributed by atoms with Gasteiger partial charge in [0.25, 0.3) is 0 Å². The Morgan fingerprint density at radius 2 is 1.67 bits per heavy atom. The molecule has 0 saturated heterocycles. The van der Waals surface area contributed by atoms with Crippen LogP contribution in [0.4, 0.5) is 0 Å². The van der Waals surface area contributed by atoms with Crippen molar-refractivity contribution in [1.29, 1.82) is 0 Å². The highest BCUT2D eigenvalue weighted by molar-refractivity contribution is 5.71. The normalized spacial score (nSPS) is 14.3. The summed E-state index contributed by atoms with van der Waals surface area (Å²) in [6.07, 6.45) is -0.242. The fourth-order valence-corrected chi connectivity index (χ4v) is 1.87. The molecule has 2 atom stereocenters. The molecule has 2 unspecified atom stereocenters. The lowest BCUT2D eigenvalue weighted by Crippen LogP contribution is -2.16. The van der Waals surface area contributed by atoms with Crippen LogP contribution in [0, 0.1) is 5.92 Å². The zero-order chi connectivity index (χ0) is 13.7. The van der Waals surface area contributed by atoms with Crippen LogP contribution in [0.15, 0.2) is 24.3 Å². The molecule has 0 fully saturated rings. The number of aliphatic hydroxyl groups excluding tert-OH is 1. The molecule has 3 nitrogen and oxygen atoms in total. The molecule has 100 valence electrons.